The van der Waals surface area contributed by atoms with Crippen molar-refractivity contribution in [2.45, 2.75) is 19.9 Å². The highest BCUT2D eigenvalue weighted by atomic mass is 79.9. The molecule has 0 aliphatic heterocycles. The number of hydrogen-bond donors (Lipinski definition) is 1. The van der Waals surface area contributed by atoms with E-state index in [0.717, 1.165) is 26.7 Å². The fraction of sp³-hybridized carbons (Fsp3) is 0.333. The third-order valence-electron chi connectivity index (χ3n) is 2.91. The Balaban J connectivity index is 2.37. The maximum Gasteiger partial charge on any atom is 0.120 e. The molecular weight excluding hydrogens is 358 g/mol. The van der Waals surface area contributed by atoms with Crippen molar-refractivity contribution in [3.05, 3.63) is 49.6 Å². The van der Waals surface area contributed by atoms with Crippen LogP contribution in [0.15, 0.2) is 34.1 Å². The number of halogens is 2. The molecule has 0 spiro atoms. The van der Waals surface area contributed by atoms with Gasteiger partial charge in [-0.05, 0) is 42.6 Å². The summed E-state index contributed by atoms with van der Waals surface area (Å²) in [6.07, 6.45) is 0. The van der Waals surface area contributed by atoms with Crippen LogP contribution in [0.1, 0.15) is 30.3 Å². The Bertz CT molecular complexity index is 573. The summed E-state index contributed by atoms with van der Waals surface area (Å²) in [5.41, 5.74) is 1.17. The first kappa shape index (κ1) is 15.8. The molecule has 5 heteroatoms. The second kappa shape index (κ2) is 7.46. The molecule has 2 nitrogen and oxygen atoms in total. The monoisotopic (exact) mass is 373 g/mol. The number of hydrogen-bond acceptors (Lipinski definition) is 3. The lowest BCUT2D eigenvalue weighted by Gasteiger charge is -2.19. The maximum atomic E-state index is 6.28. The minimum atomic E-state index is 0.0950. The molecule has 1 aromatic heterocycles. The third-order valence-corrected chi connectivity index (χ3v) is 5.02. The molecule has 0 radical (unpaired) electrons. The molecule has 0 amide bonds. The zero-order chi connectivity index (χ0) is 14.5. The Hall–Kier alpha value is -0.550. The fourth-order valence-electron chi connectivity index (χ4n) is 2.06. The van der Waals surface area contributed by atoms with Crippen LogP contribution in [0.4, 0.5) is 0 Å². The Morgan fingerprint density at radius 3 is 2.70 bits per heavy atom. The molecule has 1 aromatic carbocycles. The van der Waals surface area contributed by atoms with Crippen molar-refractivity contribution in [1.82, 2.24) is 5.32 Å². The van der Waals surface area contributed by atoms with Gasteiger partial charge in [-0.2, -0.15) is 0 Å². The van der Waals surface area contributed by atoms with Crippen LogP contribution in [-0.4, -0.2) is 13.2 Å². The SMILES string of the molecule is CCNC(c1ccc(OCC)cc1Br)c1sccc1Cl. The van der Waals surface area contributed by atoms with Crippen LogP contribution < -0.4 is 10.1 Å². The van der Waals surface area contributed by atoms with Crippen LogP contribution in [-0.2, 0) is 0 Å². The van der Waals surface area contributed by atoms with E-state index in [0.29, 0.717) is 6.61 Å². The average Bonchev–Trinajstić information content (AvgIpc) is 2.83. The highest BCUT2D eigenvalue weighted by Gasteiger charge is 2.20. The van der Waals surface area contributed by atoms with E-state index in [2.05, 4.69) is 34.2 Å². The molecule has 0 saturated heterocycles. The Morgan fingerprint density at radius 2 is 2.15 bits per heavy atom. The molecule has 0 bridgehead atoms. The molecule has 1 atom stereocenters. The lowest BCUT2D eigenvalue weighted by molar-refractivity contribution is 0.340. The van der Waals surface area contributed by atoms with Crippen molar-refractivity contribution >= 4 is 38.9 Å². The van der Waals surface area contributed by atoms with E-state index >= 15 is 0 Å². The van der Waals surface area contributed by atoms with Crippen LogP contribution in [0.25, 0.3) is 0 Å². The normalized spacial score (nSPS) is 12.4. The van der Waals surface area contributed by atoms with Crippen LogP contribution in [0, 0.1) is 0 Å². The first-order valence-corrected chi connectivity index (χ1v) is 8.61. The zero-order valence-corrected chi connectivity index (χ0v) is 14.6. The van der Waals surface area contributed by atoms with Gasteiger partial charge < -0.3 is 10.1 Å². The molecule has 20 heavy (non-hydrogen) atoms. The average molecular weight is 375 g/mol. The molecule has 0 saturated carbocycles. The number of ether oxygens (including phenoxy) is 1. The highest BCUT2D eigenvalue weighted by molar-refractivity contribution is 9.10. The summed E-state index contributed by atoms with van der Waals surface area (Å²) in [7, 11) is 0. The Labute approximate surface area is 137 Å². The van der Waals surface area contributed by atoms with Gasteiger partial charge in [0.25, 0.3) is 0 Å². The summed E-state index contributed by atoms with van der Waals surface area (Å²) < 4.78 is 6.55. The molecule has 2 aromatic rings. The molecule has 1 heterocycles. The van der Waals surface area contributed by atoms with E-state index in [1.807, 2.05) is 30.5 Å². The fourth-order valence-corrected chi connectivity index (χ4v) is 3.90. The van der Waals surface area contributed by atoms with Gasteiger partial charge in [-0.1, -0.05) is 40.5 Å². The summed E-state index contributed by atoms with van der Waals surface area (Å²) in [5.74, 6) is 0.871. The van der Waals surface area contributed by atoms with Crippen molar-refractivity contribution in [1.29, 1.82) is 0 Å². The summed E-state index contributed by atoms with van der Waals surface area (Å²) in [5, 5.41) is 6.32. The topological polar surface area (TPSA) is 21.3 Å². The van der Waals surface area contributed by atoms with Crippen LogP contribution in [0.2, 0.25) is 5.02 Å². The summed E-state index contributed by atoms with van der Waals surface area (Å²) in [6, 6.07) is 8.12. The quantitative estimate of drug-likeness (QED) is 0.744. The first-order valence-electron chi connectivity index (χ1n) is 6.55. The van der Waals surface area contributed by atoms with Crippen LogP contribution >= 0.6 is 38.9 Å². The van der Waals surface area contributed by atoms with Gasteiger partial charge in [-0.15, -0.1) is 11.3 Å². The van der Waals surface area contributed by atoms with E-state index in [9.17, 15) is 0 Å². The van der Waals surface area contributed by atoms with Crippen LogP contribution in [0.3, 0.4) is 0 Å². The van der Waals surface area contributed by atoms with Crippen molar-refractivity contribution in [2.24, 2.45) is 0 Å². The highest BCUT2D eigenvalue weighted by Crippen LogP contribution is 2.37. The minimum Gasteiger partial charge on any atom is -0.494 e. The lowest BCUT2D eigenvalue weighted by atomic mass is 10.1. The smallest absolute Gasteiger partial charge is 0.120 e. The van der Waals surface area contributed by atoms with Gasteiger partial charge in [0.2, 0.25) is 0 Å². The number of nitrogens with one attached hydrogen (secondary N) is 1. The second-order valence-corrected chi connectivity index (χ2v) is 6.45. The van der Waals surface area contributed by atoms with Crippen molar-refractivity contribution in [2.75, 3.05) is 13.2 Å². The van der Waals surface area contributed by atoms with Crippen molar-refractivity contribution < 1.29 is 4.74 Å². The molecule has 0 aliphatic carbocycles. The van der Waals surface area contributed by atoms with Gasteiger partial charge in [0.05, 0.1) is 17.7 Å². The van der Waals surface area contributed by atoms with E-state index in [4.69, 9.17) is 16.3 Å². The molecule has 1 N–H and O–H groups in total. The lowest BCUT2D eigenvalue weighted by Crippen LogP contribution is -2.21. The number of benzene rings is 1. The molecular formula is C15H17BrClNOS. The van der Waals surface area contributed by atoms with Crippen LogP contribution in [0.5, 0.6) is 5.75 Å². The zero-order valence-electron chi connectivity index (χ0n) is 11.5. The summed E-state index contributed by atoms with van der Waals surface area (Å²) in [4.78, 5) is 1.14. The van der Waals surface area contributed by atoms with Gasteiger partial charge in [0.15, 0.2) is 0 Å². The van der Waals surface area contributed by atoms with E-state index < -0.39 is 0 Å². The molecule has 2 rings (SSSR count). The predicted molar refractivity (Wildman–Crippen MR) is 90.2 cm³/mol. The second-order valence-electron chi connectivity index (χ2n) is 4.24. The van der Waals surface area contributed by atoms with Crippen molar-refractivity contribution in [3.63, 3.8) is 0 Å². The van der Waals surface area contributed by atoms with E-state index in [1.165, 1.54) is 5.56 Å². The summed E-state index contributed by atoms with van der Waals surface area (Å²) >= 11 is 11.6. The predicted octanol–water partition coefficient (Wildman–Crippen LogP) is 5.26. The Kier molecular flexibility index (Phi) is 5.90. The largest absolute Gasteiger partial charge is 0.494 e. The summed E-state index contributed by atoms with van der Waals surface area (Å²) in [6.45, 7) is 5.61. The molecule has 1 unspecified atom stereocenters. The minimum absolute atomic E-state index is 0.0950. The van der Waals surface area contributed by atoms with Gasteiger partial charge in [-0.3, -0.25) is 0 Å². The van der Waals surface area contributed by atoms with Gasteiger partial charge in [0, 0.05) is 9.35 Å². The third kappa shape index (κ3) is 3.55. The molecule has 0 aliphatic rings. The maximum absolute atomic E-state index is 6.28. The van der Waals surface area contributed by atoms with E-state index in [1.54, 1.807) is 11.3 Å². The van der Waals surface area contributed by atoms with Gasteiger partial charge in [-0.25, -0.2) is 0 Å². The van der Waals surface area contributed by atoms with Crippen molar-refractivity contribution in [3.8, 4) is 5.75 Å². The first-order chi connectivity index (χ1) is 9.67. The standard InChI is InChI=1S/C15H17BrClNOS/c1-3-18-14(15-13(17)7-8-20-15)11-6-5-10(19-4-2)9-12(11)16/h5-9,14,18H,3-4H2,1-2H3. The van der Waals surface area contributed by atoms with Gasteiger partial charge in [0.1, 0.15) is 5.75 Å². The number of thiophene rings is 1. The Morgan fingerprint density at radius 1 is 1.35 bits per heavy atom. The van der Waals surface area contributed by atoms with E-state index in [-0.39, 0.29) is 6.04 Å². The molecule has 108 valence electrons. The van der Waals surface area contributed by atoms with Gasteiger partial charge >= 0.3 is 0 Å². The number of rotatable bonds is 6. The molecule has 0 fully saturated rings.